The standard InChI is InChI=1S/C25H38O5/c1-6-25(4,5)24(28)30-21-12-15(2)11-17-8-7-16(3)20(23(17)21)10-9-19-13-18(26)14-22(27)29-19/h7-8,11,15-16,18-21,23,26H,6,9-10,12-14H2,1-5H3/t15-,16+,18-,19-,20+,21+,23+/m1/s1. The Morgan fingerprint density at radius 3 is 2.67 bits per heavy atom. The zero-order valence-corrected chi connectivity index (χ0v) is 19.1. The fourth-order valence-electron chi connectivity index (χ4n) is 5.08. The number of cyclic esters (lactones) is 1. The van der Waals surface area contributed by atoms with E-state index >= 15 is 0 Å². The highest BCUT2D eigenvalue weighted by Crippen LogP contribution is 2.45. The third-order valence-corrected chi connectivity index (χ3v) is 7.35. The van der Waals surface area contributed by atoms with E-state index in [1.807, 2.05) is 20.8 Å². The SMILES string of the molecule is CCC(C)(C)C(=O)O[C@H]1C[C@H](C)C=C2C=C[C@H](C)[C@H](CC[C@@H]3C[C@@H](O)CC(=O)O3)[C@H]21. The summed E-state index contributed by atoms with van der Waals surface area (Å²) in [5.41, 5.74) is 0.785. The summed E-state index contributed by atoms with van der Waals surface area (Å²) in [5.74, 6) is 0.776. The largest absolute Gasteiger partial charge is 0.462 e. The molecule has 0 amide bonds. The molecule has 0 radical (unpaired) electrons. The first-order chi connectivity index (χ1) is 14.1. The molecule has 1 N–H and O–H groups in total. The number of rotatable bonds is 6. The molecule has 0 unspecified atom stereocenters. The first-order valence-electron chi connectivity index (χ1n) is 11.6. The third-order valence-electron chi connectivity index (χ3n) is 7.35. The van der Waals surface area contributed by atoms with Crippen molar-refractivity contribution in [1.29, 1.82) is 0 Å². The Hall–Kier alpha value is -1.62. The highest BCUT2D eigenvalue weighted by Gasteiger charge is 2.43. The summed E-state index contributed by atoms with van der Waals surface area (Å²) < 4.78 is 11.6. The van der Waals surface area contributed by atoms with E-state index in [1.165, 1.54) is 5.57 Å². The van der Waals surface area contributed by atoms with Crippen LogP contribution in [0.4, 0.5) is 0 Å². The second kappa shape index (κ2) is 9.25. The number of esters is 2. The molecule has 0 aromatic heterocycles. The maximum absolute atomic E-state index is 12.9. The smallest absolute Gasteiger partial charge is 0.311 e. The number of allylic oxidation sites excluding steroid dienone is 3. The van der Waals surface area contributed by atoms with Gasteiger partial charge in [0.1, 0.15) is 12.2 Å². The van der Waals surface area contributed by atoms with E-state index in [-0.39, 0.29) is 36.5 Å². The zero-order valence-electron chi connectivity index (χ0n) is 19.1. The third kappa shape index (κ3) is 5.16. The normalized spacial score (nSPS) is 36.5. The van der Waals surface area contributed by atoms with Crippen molar-refractivity contribution < 1.29 is 24.2 Å². The van der Waals surface area contributed by atoms with Gasteiger partial charge in [-0.3, -0.25) is 9.59 Å². The van der Waals surface area contributed by atoms with Crippen LogP contribution in [0.1, 0.15) is 73.1 Å². The summed E-state index contributed by atoms with van der Waals surface area (Å²) in [6.45, 7) is 10.3. The summed E-state index contributed by atoms with van der Waals surface area (Å²) >= 11 is 0. The summed E-state index contributed by atoms with van der Waals surface area (Å²) in [6, 6.07) is 0. The molecule has 0 aromatic carbocycles. The zero-order chi connectivity index (χ0) is 22.1. The highest BCUT2D eigenvalue weighted by molar-refractivity contribution is 5.76. The van der Waals surface area contributed by atoms with Gasteiger partial charge in [0, 0.05) is 12.3 Å². The van der Waals surface area contributed by atoms with Gasteiger partial charge in [-0.1, -0.05) is 39.0 Å². The first-order valence-corrected chi connectivity index (χ1v) is 11.6. The average molecular weight is 419 g/mol. The second-order valence-electron chi connectivity index (χ2n) is 10.3. The highest BCUT2D eigenvalue weighted by atomic mass is 16.6. The molecule has 3 aliphatic rings. The Morgan fingerprint density at radius 1 is 1.27 bits per heavy atom. The maximum Gasteiger partial charge on any atom is 0.311 e. The minimum atomic E-state index is -0.601. The molecule has 1 aliphatic heterocycles. The van der Waals surface area contributed by atoms with E-state index in [1.54, 1.807) is 0 Å². The fourth-order valence-corrected chi connectivity index (χ4v) is 5.08. The maximum atomic E-state index is 12.9. The molecular weight excluding hydrogens is 380 g/mol. The lowest BCUT2D eigenvalue weighted by atomic mass is 9.65. The Balaban J connectivity index is 1.76. The van der Waals surface area contributed by atoms with Crippen molar-refractivity contribution in [3.05, 3.63) is 23.8 Å². The van der Waals surface area contributed by atoms with Crippen molar-refractivity contribution in [1.82, 2.24) is 0 Å². The fraction of sp³-hybridized carbons (Fsp3) is 0.760. The molecule has 1 saturated heterocycles. The van der Waals surface area contributed by atoms with E-state index in [0.717, 1.165) is 25.7 Å². The van der Waals surface area contributed by atoms with Gasteiger partial charge in [0.25, 0.3) is 0 Å². The van der Waals surface area contributed by atoms with Crippen LogP contribution in [0, 0.1) is 29.1 Å². The number of aliphatic hydroxyl groups is 1. The van der Waals surface area contributed by atoms with Gasteiger partial charge in [-0.15, -0.1) is 0 Å². The lowest BCUT2D eigenvalue weighted by Crippen LogP contribution is -2.43. The van der Waals surface area contributed by atoms with E-state index in [2.05, 4.69) is 32.1 Å². The van der Waals surface area contributed by atoms with Gasteiger partial charge >= 0.3 is 11.9 Å². The Kier molecular flexibility index (Phi) is 7.11. The Labute approximate surface area is 180 Å². The molecular formula is C25H38O5. The van der Waals surface area contributed by atoms with Crippen LogP contribution >= 0.6 is 0 Å². The van der Waals surface area contributed by atoms with Gasteiger partial charge in [-0.05, 0) is 62.9 Å². The lowest BCUT2D eigenvalue weighted by molar-refractivity contribution is -0.166. The van der Waals surface area contributed by atoms with Crippen molar-refractivity contribution in [2.75, 3.05) is 0 Å². The van der Waals surface area contributed by atoms with Crippen molar-refractivity contribution in [3.8, 4) is 0 Å². The molecule has 3 rings (SSSR count). The van der Waals surface area contributed by atoms with Gasteiger partial charge in [-0.25, -0.2) is 0 Å². The van der Waals surface area contributed by atoms with E-state index in [0.29, 0.717) is 24.2 Å². The number of carbonyl (C=O) groups excluding carboxylic acids is 2. The predicted molar refractivity (Wildman–Crippen MR) is 115 cm³/mol. The minimum absolute atomic E-state index is 0.0949. The number of fused-ring (bicyclic) bond motifs is 1. The summed E-state index contributed by atoms with van der Waals surface area (Å²) in [7, 11) is 0. The molecule has 7 atom stereocenters. The van der Waals surface area contributed by atoms with E-state index < -0.39 is 11.5 Å². The van der Waals surface area contributed by atoms with Gasteiger partial charge in [-0.2, -0.15) is 0 Å². The van der Waals surface area contributed by atoms with Crippen LogP contribution in [-0.4, -0.2) is 35.4 Å². The first kappa shape index (κ1) is 23.1. The molecule has 30 heavy (non-hydrogen) atoms. The molecule has 0 aromatic rings. The van der Waals surface area contributed by atoms with Crippen LogP contribution in [0.25, 0.3) is 0 Å². The molecule has 2 aliphatic carbocycles. The molecule has 1 fully saturated rings. The van der Waals surface area contributed by atoms with Gasteiger partial charge in [0.15, 0.2) is 0 Å². The minimum Gasteiger partial charge on any atom is -0.462 e. The monoisotopic (exact) mass is 418 g/mol. The average Bonchev–Trinajstić information content (AvgIpc) is 2.66. The number of carbonyl (C=O) groups is 2. The molecule has 1 heterocycles. The number of ether oxygens (including phenoxy) is 2. The van der Waals surface area contributed by atoms with Crippen LogP contribution in [0.3, 0.4) is 0 Å². The lowest BCUT2D eigenvalue weighted by Gasteiger charge is -2.44. The van der Waals surface area contributed by atoms with E-state index in [4.69, 9.17) is 9.47 Å². The van der Waals surface area contributed by atoms with Crippen LogP contribution < -0.4 is 0 Å². The number of hydrogen-bond donors (Lipinski definition) is 1. The van der Waals surface area contributed by atoms with Crippen LogP contribution in [-0.2, 0) is 19.1 Å². The van der Waals surface area contributed by atoms with Crippen molar-refractivity contribution in [2.45, 2.75) is 91.5 Å². The van der Waals surface area contributed by atoms with Crippen molar-refractivity contribution >= 4 is 11.9 Å². The molecule has 5 nitrogen and oxygen atoms in total. The van der Waals surface area contributed by atoms with E-state index in [9.17, 15) is 14.7 Å². The van der Waals surface area contributed by atoms with Crippen LogP contribution in [0.5, 0.6) is 0 Å². The van der Waals surface area contributed by atoms with Gasteiger partial charge in [0.2, 0.25) is 0 Å². The van der Waals surface area contributed by atoms with Gasteiger partial charge < -0.3 is 14.6 Å². The van der Waals surface area contributed by atoms with Crippen molar-refractivity contribution in [2.24, 2.45) is 29.1 Å². The molecule has 168 valence electrons. The summed E-state index contributed by atoms with van der Waals surface area (Å²) in [5, 5.41) is 9.92. The number of aliphatic hydroxyl groups excluding tert-OH is 1. The molecule has 0 bridgehead atoms. The van der Waals surface area contributed by atoms with Crippen LogP contribution in [0.2, 0.25) is 0 Å². The Bertz CT molecular complexity index is 706. The summed E-state index contributed by atoms with van der Waals surface area (Å²) in [6.07, 6.45) is 9.61. The van der Waals surface area contributed by atoms with Crippen molar-refractivity contribution in [3.63, 3.8) is 0 Å². The second-order valence-corrected chi connectivity index (χ2v) is 10.3. The molecule has 0 saturated carbocycles. The molecule has 0 spiro atoms. The topological polar surface area (TPSA) is 72.8 Å². The summed E-state index contributed by atoms with van der Waals surface area (Å²) in [4.78, 5) is 24.6. The Morgan fingerprint density at radius 2 is 2.00 bits per heavy atom. The van der Waals surface area contributed by atoms with Gasteiger partial charge in [0.05, 0.1) is 17.9 Å². The number of hydrogen-bond acceptors (Lipinski definition) is 5. The predicted octanol–water partition coefficient (Wildman–Crippen LogP) is 4.59. The van der Waals surface area contributed by atoms with Crippen LogP contribution in [0.15, 0.2) is 23.8 Å². The quantitative estimate of drug-likeness (QED) is 0.639. The molecule has 5 heteroatoms.